The molecule has 0 atom stereocenters. The summed E-state index contributed by atoms with van der Waals surface area (Å²) in [4.78, 5) is 2.00. The van der Waals surface area contributed by atoms with Crippen molar-refractivity contribution in [2.75, 3.05) is 0 Å². The summed E-state index contributed by atoms with van der Waals surface area (Å²) >= 11 is 3.09. The zero-order valence-corrected chi connectivity index (χ0v) is 19.7. The average molecular weight is 497 g/mol. The van der Waals surface area contributed by atoms with Crippen molar-refractivity contribution in [3.8, 4) is 0 Å². The fourth-order valence-electron chi connectivity index (χ4n) is 2.64. The van der Waals surface area contributed by atoms with Gasteiger partial charge in [0.25, 0.3) is 0 Å². The van der Waals surface area contributed by atoms with E-state index >= 15 is 0 Å². The van der Waals surface area contributed by atoms with Crippen LogP contribution in [-0.2, 0) is 11.5 Å². The predicted octanol–water partition coefficient (Wildman–Crippen LogP) is 5.82. The number of nitrogen functional groups attached to an aromatic ring is 2. The molecule has 0 bridgehead atoms. The van der Waals surface area contributed by atoms with Crippen LogP contribution in [0.1, 0.15) is 22.3 Å². The topological polar surface area (TPSA) is 99.7 Å². The van der Waals surface area contributed by atoms with Crippen molar-refractivity contribution in [2.45, 2.75) is 21.3 Å². The average Bonchev–Trinajstić information content (AvgIpc) is 2.72. The van der Waals surface area contributed by atoms with Gasteiger partial charge >= 0.3 is 0 Å². The first-order valence-electron chi connectivity index (χ1n) is 8.85. The molecule has 164 valence electrons. The van der Waals surface area contributed by atoms with Crippen LogP contribution in [0, 0.1) is 16.6 Å². The molecular formula is C22H23Cl2FN4S2. The largest absolute Gasteiger partial charge is 0.384 e. The highest BCUT2D eigenvalue weighted by Gasteiger charge is 2.10. The van der Waals surface area contributed by atoms with Crippen molar-refractivity contribution in [1.82, 2.24) is 0 Å². The normalized spacial score (nSPS) is 9.97. The van der Waals surface area contributed by atoms with Gasteiger partial charge in [-0.2, -0.15) is 0 Å². The molecule has 0 amide bonds. The molecule has 0 heterocycles. The van der Waals surface area contributed by atoms with Gasteiger partial charge in [-0.1, -0.05) is 42.5 Å². The van der Waals surface area contributed by atoms with E-state index in [9.17, 15) is 4.39 Å². The summed E-state index contributed by atoms with van der Waals surface area (Å²) in [7, 11) is 0. The van der Waals surface area contributed by atoms with Crippen LogP contribution in [0.15, 0.2) is 76.5 Å². The highest BCUT2D eigenvalue weighted by molar-refractivity contribution is 7.98. The van der Waals surface area contributed by atoms with Gasteiger partial charge in [-0.05, 0) is 35.4 Å². The lowest BCUT2D eigenvalue weighted by molar-refractivity contribution is 0.607. The molecule has 3 aromatic rings. The Labute approximate surface area is 202 Å². The molecule has 0 saturated heterocycles. The second-order valence-corrected chi connectivity index (χ2v) is 8.44. The number of benzene rings is 3. The SMILES string of the molecule is Cl.Cl.N=C(N)c1ccc(SCc2cccc(CSc3ccc(C(=N)N)cc3)c2F)cc1. The summed E-state index contributed by atoms with van der Waals surface area (Å²) in [5.74, 6) is 0.949. The van der Waals surface area contributed by atoms with Crippen molar-refractivity contribution < 1.29 is 4.39 Å². The summed E-state index contributed by atoms with van der Waals surface area (Å²) in [5, 5.41) is 14.9. The Morgan fingerprint density at radius 3 is 1.35 bits per heavy atom. The van der Waals surface area contributed by atoms with E-state index in [1.54, 1.807) is 47.8 Å². The van der Waals surface area contributed by atoms with E-state index in [0.29, 0.717) is 33.8 Å². The number of thioether (sulfide) groups is 2. The number of rotatable bonds is 8. The van der Waals surface area contributed by atoms with Gasteiger partial charge in [-0.25, -0.2) is 4.39 Å². The zero-order chi connectivity index (χ0) is 20.8. The van der Waals surface area contributed by atoms with E-state index in [-0.39, 0.29) is 42.3 Å². The van der Waals surface area contributed by atoms with Gasteiger partial charge in [0.1, 0.15) is 17.5 Å². The Hall–Kier alpha value is -2.19. The highest BCUT2D eigenvalue weighted by atomic mass is 35.5. The van der Waals surface area contributed by atoms with E-state index in [1.165, 1.54) is 0 Å². The number of nitrogens with one attached hydrogen (secondary N) is 2. The van der Waals surface area contributed by atoms with Crippen molar-refractivity contribution >= 4 is 60.0 Å². The lowest BCUT2D eigenvalue weighted by atomic mass is 10.1. The smallest absolute Gasteiger partial charge is 0.131 e. The first-order chi connectivity index (χ1) is 13.9. The fourth-order valence-corrected chi connectivity index (χ4v) is 4.39. The molecular weight excluding hydrogens is 474 g/mol. The summed E-state index contributed by atoms with van der Waals surface area (Å²) in [5.41, 5.74) is 13.6. The number of hydrogen-bond acceptors (Lipinski definition) is 4. The summed E-state index contributed by atoms with van der Waals surface area (Å²) in [6.45, 7) is 0. The number of halogens is 3. The lowest BCUT2D eigenvalue weighted by Gasteiger charge is -2.09. The van der Waals surface area contributed by atoms with Gasteiger partial charge in [0.2, 0.25) is 0 Å². The zero-order valence-electron chi connectivity index (χ0n) is 16.4. The fraction of sp³-hybridized carbons (Fsp3) is 0.0909. The molecule has 0 aromatic heterocycles. The van der Waals surface area contributed by atoms with E-state index in [0.717, 1.165) is 9.79 Å². The molecule has 6 N–H and O–H groups in total. The number of nitrogens with two attached hydrogens (primary N) is 2. The molecule has 9 heteroatoms. The van der Waals surface area contributed by atoms with Gasteiger partial charge in [-0.15, -0.1) is 48.3 Å². The first-order valence-corrected chi connectivity index (χ1v) is 10.8. The molecule has 0 aliphatic carbocycles. The highest BCUT2D eigenvalue weighted by Crippen LogP contribution is 2.29. The Balaban J connectivity index is 0.00000240. The van der Waals surface area contributed by atoms with Crippen LogP contribution in [0.3, 0.4) is 0 Å². The van der Waals surface area contributed by atoms with E-state index in [2.05, 4.69) is 0 Å². The third-order valence-corrected chi connectivity index (χ3v) is 6.40. The molecule has 0 spiro atoms. The molecule has 4 nitrogen and oxygen atoms in total. The van der Waals surface area contributed by atoms with E-state index in [4.69, 9.17) is 22.3 Å². The van der Waals surface area contributed by atoms with Crippen LogP contribution in [0.25, 0.3) is 0 Å². The van der Waals surface area contributed by atoms with Crippen molar-refractivity contribution in [1.29, 1.82) is 10.8 Å². The molecule has 0 unspecified atom stereocenters. The Morgan fingerprint density at radius 1 is 0.677 bits per heavy atom. The summed E-state index contributed by atoms with van der Waals surface area (Å²) in [6, 6.07) is 20.3. The molecule has 3 rings (SSSR count). The Kier molecular flexibility index (Phi) is 10.9. The minimum atomic E-state index is -0.173. The molecule has 0 saturated carbocycles. The molecule has 31 heavy (non-hydrogen) atoms. The predicted molar refractivity (Wildman–Crippen MR) is 135 cm³/mol. The van der Waals surface area contributed by atoms with Crippen molar-refractivity contribution in [2.24, 2.45) is 11.5 Å². The van der Waals surface area contributed by atoms with E-state index < -0.39 is 0 Å². The van der Waals surface area contributed by atoms with Crippen LogP contribution in [0.5, 0.6) is 0 Å². The van der Waals surface area contributed by atoms with Crippen LogP contribution in [0.4, 0.5) is 4.39 Å². The van der Waals surface area contributed by atoms with Crippen molar-refractivity contribution in [3.63, 3.8) is 0 Å². The van der Waals surface area contributed by atoms with Crippen molar-refractivity contribution in [3.05, 3.63) is 94.8 Å². The third-order valence-electron chi connectivity index (χ3n) is 4.28. The summed E-state index contributed by atoms with van der Waals surface area (Å²) < 4.78 is 14.9. The van der Waals surface area contributed by atoms with Gasteiger partial charge in [0.05, 0.1) is 0 Å². The molecule has 0 aliphatic heterocycles. The molecule has 0 fully saturated rings. The second kappa shape index (κ2) is 12.6. The van der Waals surface area contributed by atoms with Gasteiger partial charge in [0, 0.05) is 32.4 Å². The van der Waals surface area contributed by atoms with E-state index in [1.807, 2.05) is 42.5 Å². The Morgan fingerprint density at radius 2 is 1.03 bits per heavy atom. The van der Waals surface area contributed by atoms with Gasteiger partial charge in [0.15, 0.2) is 0 Å². The van der Waals surface area contributed by atoms with Crippen LogP contribution in [0.2, 0.25) is 0 Å². The molecule has 0 radical (unpaired) electrons. The third kappa shape index (κ3) is 7.47. The minimum Gasteiger partial charge on any atom is -0.384 e. The maximum atomic E-state index is 14.9. The molecule has 3 aromatic carbocycles. The van der Waals surface area contributed by atoms with Crippen LogP contribution < -0.4 is 11.5 Å². The molecule has 0 aliphatic rings. The first kappa shape index (κ1) is 26.8. The lowest BCUT2D eigenvalue weighted by Crippen LogP contribution is -2.10. The maximum absolute atomic E-state index is 14.9. The quantitative estimate of drug-likeness (QED) is 0.179. The van der Waals surface area contributed by atoms with Gasteiger partial charge < -0.3 is 11.5 Å². The monoisotopic (exact) mass is 496 g/mol. The maximum Gasteiger partial charge on any atom is 0.131 e. The summed E-state index contributed by atoms with van der Waals surface area (Å²) in [6.07, 6.45) is 0. The van der Waals surface area contributed by atoms with Gasteiger partial charge in [-0.3, -0.25) is 10.8 Å². The number of amidine groups is 2. The van der Waals surface area contributed by atoms with Crippen LogP contribution in [-0.4, -0.2) is 11.7 Å². The standard InChI is InChI=1S/C22H21FN4S2.2ClH/c23-20-16(12-28-18-8-4-14(5-9-18)21(24)25)2-1-3-17(20)13-29-19-10-6-15(7-11-19)22(26)27;;/h1-11H,12-13H2,(H3,24,25)(H3,26,27);2*1H. The van der Waals surface area contributed by atoms with Crippen LogP contribution >= 0.6 is 48.3 Å². The minimum absolute atomic E-state index is 0. The Bertz CT molecular complexity index is 949. The number of hydrogen-bond donors (Lipinski definition) is 4. The second-order valence-electron chi connectivity index (χ2n) is 6.34.